The SMILES string of the molecule is CCC(C)c1ccc(O)c(SSc2cc(C(C)(C)CC)cc(SC(C)(C)Sc3cc(C(C)(C)CC)ccc3O)c2O)c1. The van der Waals surface area contributed by atoms with E-state index in [0.29, 0.717) is 5.92 Å². The normalized spacial score (nSPS) is 13.4. The lowest BCUT2D eigenvalue weighted by Gasteiger charge is -2.29. The molecule has 0 aliphatic rings. The summed E-state index contributed by atoms with van der Waals surface area (Å²) in [6.07, 6.45) is 3.00. The molecule has 0 aromatic heterocycles. The Labute approximate surface area is 270 Å². The van der Waals surface area contributed by atoms with Crippen molar-refractivity contribution in [2.45, 2.75) is 129 Å². The minimum atomic E-state index is -0.378. The van der Waals surface area contributed by atoms with E-state index >= 15 is 0 Å². The number of hydrogen-bond donors (Lipinski definition) is 3. The molecule has 1 atom stereocenters. The largest absolute Gasteiger partial charge is 0.507 e. The van der Waals surface area contributed by atoms with Gasteiger partial charge in [0.05, 0.1) is 23.7 Å². The molecule has 3 rings (SSSR count). The van der Waals surface area contributed by atoms with Crippen LogP contribution in [0.3, 0.4) is 0 Å². The second-order valence-corrected chi connectivity index (χ2v) is 18.6. The predicted octanol–water partition coefficient (Wildman–Crippen LogP) is 12.1. The molecule has 0 bridgehead atoms. The first kappa shape index (κ1) is 34.9. The van der Waals surface area contributed by atoms with Crippen LogP contribution in [0.4, 0.5) is 0 Å². The number of rotatable bonds is 13. The lowest BCUT2D eigenvalue weighted by molar-refractivity contribution is 0.444. The van der Waals surface area contributed by atoms with Crippen molar-refractivity contribution in [3.05, 3.63) is 65.2 Å². The molecule has 3 nitrogen and oxygen atoms in total. The summed E-state index contributed by atoms with van der Waals surface area (Å²) in [7, 11) is 2.96. The zero-order chi connectivity index (χ0) is 31.5. The molecular formula is C35H48O3S4. The Morgan fingerprint density at radius 3 is 1.74 bits per heavy atom. The van der Waals surface area contributed by atoms with Crippen molar-refractivity contribution in [1.29, 1.82) is 0 Å². The average molecular weight is 645 g/mol. The first-order valence-electron chi connectivity index (χ1n) is 14.8. The number of hydrogen-bond acceptors (Lipinski definition) is 7. The van der Waals surface area contributed by atoms with Crippen molar-refractivity contribution >= 4 is 45.1 Å². The summed E-state index contributed by atoms with van der Waals surface area (Å²) in [5, 5.41) is 32.9. The zero-order valence-electron chi connectivity index (χ0n) is 26.8. The van der Waals surface area contributed by atoms with Gasteiger partial charge in [0.1, 0.15) is 17.2 Å². The Hall–Kier alpha value is -1.54. The molecular weight excluding hydrogens is 597 g/mol. The van der Waals surface area contributed by atoms with Gasteiger partial charge in [0.15, 0.2) is 0 Å². The van der Waals surface area contributed by atoms with Crippen LogP contribution in [0.25, 0.3) is 0 Å². The molecule has 0 aliphatic carbocycles. The molecule has 0 spiro atoms. The molecule has 230 valence electrons. The number of thioether (sulfide) groups is 2. The summed E-state index contributed by atoms with van der Waals surface area (Å²) >= 11 is 3.23. The van der Waals surface area contributed by atoms with Crippen LogP contribution >= 0.6 is 45.1 Å². The third-order valence-electron chi connectivity index (χ3n) is 8.43. The van der Waals surface area contributed by atoms with Gasteiger partial charge in [0.25, 0.3) is 0 Å². The van der Waals surface area contributed by atoms with Gasteiger partial charge in [0, 0.05) is 0 Å². The molecule has 42 heavy (non-hydrogen) atoms. The highest BCUT2D eigenvalue weighted by molar-refractivity contribution is 8.76. The fourth-order valence-corrected chi connectivity index (χ4v) is 9.10. The molecule has 7 heteroatoms. The molecule has 3 N–H and O–H groups in total. The smallest absolute Gasteiger partial charge is 0.143 e. The van der Waals surface area contributed by atoms with Gasteiger partial charge >= 0.3 is 0 Å². The summed E-state index contributed by atoms with van der Waals surface area (Å²) in [5.41, 5.74) is 3.52. The highest BCUT2D eigenvalue weighted by atomic mass is 33.1. The minimum absolute atomic E-state index is 0.0188. The molecule has 0 fully saturated rings. The van der Waals surface area contributed by atoms with E-state index in [1.54, 1.807) is 35.7 Å². The molecule has 1 unspecified atom stereocenters. The molecule has 3 aromatic carbocycles. The van der Waals surface area contributed by atoms with Gasteiger partial charge < -0.3 is 15.3 Å². The van der Waals surface area contributed by atoms with E-state index in [-0.39, 0.29) is 32.2 Å². The summed E-state index contributed by atoms with van der Waals surface area (Å²) in [6, 6.07) is 16.0. The Bertz CT molecular complexity index is 1380. The quantitative estimate of drug-likeness (QED) is 0.0972. The van der Waals surface area contributed by atoms with E-state index in [4.69, 9.17) is 0 Å². The van der Waals surface area contributed by atoms with E-state index in [1.165, 1.54) is 38.3 Å². The van der Waals surface area contributed by atoms with Crippen molar-refractivity contribution in [2.24, 2.45) is 0 Å². The maximum Gasteiger partial charge on any atom is 0.143 e. The minimum Gasteiger partial charge on any atom is -0.507 e. The second-order valence-electron chi connectivity index (χ2n) is 12.8. The highest BCUT2D eigenvalue weighted by Crippen LogP contribution is 2.54. The van der Waals surface area contributed by atoms with Crippen LogP contribution in [0.15, 0.2) is 68.1 Å². The van der Waals surface area contributed by atoms with Crippen LogP contribution in [0.1, 0.15) is 111 Å². The van der Waals surface area contributed by atoms with Crippen LogP contribution in [0.5, 0.6) is 17.2 Å². The molecule has 0 aliphatic heterocycles. The maximum atomic E-state index is 11.6. The van der Waals surface area contributed by atoms with Crippen LogP contribution in [-0.4, -0.2) is 19.4 Å². The fraction of sp³-hybridized carbons (Fsp3) is 0.486. The number of phenols is 3. The van der Waals surface area contributed by atoms with E-state index in [0.717, 1.165) is 38.8 Å². The highest BCUT2D eigenvalue weighted by Gasteiger charge is 2.29. The Morgan fingerprint density at radius 1 is 0.619 bits per heavy atom. The predicted molar refractivity (Wildman–Crippen MR) is 187 cm³/mol. The lowest BCUT2D eigenvalue weighted by Crippen LogP contribution is -2.16. The maximum absolute atomic E-state index is 11.6. The van der Waals surface area contributed by atoms with Crippen LogP contribution in [-0.2, 0) is 10.8 Å². The van der Waals surface area contributed by atoms with Crippen LogP contribution < -0.4 is 0 Å². The first-order chi connectivity index (χ1) is 19.5. The van der Waals surface area contributed by atoms with Gasteiger partial charge in [-0.2, -0.15) is 0 Å². The van der Waals surface area contributed by atoms with Crippen molar-refractivity contribution in [1.82, 2.24) is 0 Å². The third kappa shape index (κ3) is 8.55. The molecule has 0 radical (unpaired) electrons. The van der Waals surface area contributed by atoms with Gasteiger partial charge in [-0.3, -0.25) is 0 Å². The number of phenolic OH excluding ortho intramolecular Hbond substituents is 3. The number of benzene rings is 3. The van der Waals surface area contributed by atoms with Crippen molar-refractivity contribution in [3.63, 3.8) is 0 Å². The lowest BCUT2D eigenvalue weighted by atomic mass is 9.82. The third-order valence-corrected chi connectivity index (χ3v) is 13.4. The van der Waals surface area contributed by atoms with E-state index in [9.17, 15) is 15.3 Å². The van der Waals surface area contributed by atoms with Gasteiger partial charge in [-0.15, -0.1) is 23.5 Å². The molecule has 0 saturated carbocycles. The summed E-state index contributed by atoms with van der Waals surface area (Å²) in [4.78, 5) is 3.24. The second kappa shape index (κ2) is 14.0. The fourth-order valence-electron chi connectivity index (χ4n) is 4.32. The van der Waals surface area contributed by atoms with Gasteiger partial charge in [0.2, 0.25) is 0 Å². The zero-order valence-corrected chi connectivity index (χ0v) is 30.1. The first-order valence-corrected chi connectivity index (χ1v) is 18.6. The monoisotopic (exact) mass is 644 g/mol. The van der Waals surface area contributed by atoms with E-state index < -0.39 is 0 Å². The Balaban J connectivity index is 1.96. The summed E-state index contributed by atoms with van der Waals surface area (Å²) in [6.45, 7) is 21.9. The standard InChI is InChI=1S/C35H48O3S4/c1-11-22(4)23-14-16-27(37)29(18-23)41-42-31-21-25(34(7,8)13-3)20-30(32(31)38)40-35(9,10)39-28-19-24(15-17-26(28)36)33(5,6)12-2/h14-22,36-38H,11-13H2,1-10H3. The van der Waals surface area contributed by atoms with Crippen LogP contribution in [0.2, 0.25) is 0 Å². The molecule has 0 saturated heterocycles. The van der Waals surface area contributed by atoms with Crippen molar-refractivity contribution in [2.75, 3.05) is 0 Å². The summed E-state index contributed by atoms with van der Waals surface area (Å²) in [5.74, 6) is 1.20. The van der Waals surface area contributed by atoms with Crippen LogP contribution in [0, 0.1) is 0 Å². The Morgan fingerprint density at radius 2 is 1.12 bits per heavy atom. The van der Waals surface area contributed by atoms with E-state index in [1.807, 2.05) is 12.1 Å². The van der Waals surface area contributed by atoms with Crippen molar-refractivity contribution in [3.8, 4) is 17.2 Å². The molecule has 0 amide bonds. The van der Waals surface area contributed by atoms with Gasteiger partial charge in [-0.1, -0.05) is 67.5 Å². The van der Waals surface area contributed by atoms with Gasteiger partial charge in [-0.05, 0) is 125 Å². The number of aromatic hydroxyl groups is 3. The Kier molecular flexibility index (Phi) is 11.7. The molecule has 0 heterocycles. The van der Waals surface area contributed by atoms with Crippen molar-refractivity contribution < 1.29 is 15.3 Å². The van der Waals surface area contributed by atoms with E-state index in [2.05, 4.69) is 93.5 Å². The average Bonchev–Trinajstić information content (AvgIpc) is 2.94. The molecule has 3 aromatic rings. The summed E-state index contributed by atoms with van der Waals surface area (Å²) < 4.78 is -0.378. The van der Waals surface area contributed by atoms with Gasteiger partial charge in [-0.25, -0.2) is 0 Å². The topological polar surface area (TPSA) is 60.7 Å².